The Morgan fingerprint density at radius 3 is 2.39 bits per heavy atom. The average molecular weight is 463 g/mol. The molecule has 0 spiro atoms. The molecule has 1 saturated heterocycles. The third-order valence-electron chi connectivity index (χ3n) is 5.39. The van der Waals surface area contributed by atoms with Crippen molar-refractivity contribution in [3.05, 3.63) is 94.1 Å². The molecule has 0 aliphatic carbocycles. The van der Waals surface area contributed by atoms with Gasteiger partial charge in [-0.3, -0.25) is 15.0 Å². The molecule has 1 aliphatic rings. The number of hydrogen-bond acceptors (Lipinski definition) is 5. The van der Waals surface area contributed by atoms with Gasteiger partial charge in [-0.2, -0.15) is 0 Å². The van der Waals surface area contributed by atoms with E-state index in [-0.39, 0.29) is 18.1 Å². The predicted molar refractivity (Wildman–Crippen MR) is 127 cm³/mol. The van der Waals surface area contributed by atoms with Gasteiger partial charge in [-0.05, 0) is 23.8 Å². The molecule has 0 saturated carbocycles. The van der Waals surface area contributed by atoms with Gasteiger partial charge >= 0.3 is 0 Å². The molecule has 0 atom stereocenters. The van der Waals surface area contributed by atoms with Crippen LogP contribution < -0.4 is 5.32 Å². The Morgan fingerprint density at radius 2 is 1.70 bits per heavy atom. The Balaban J connectivity index is 1.44. The van der Waals surface area contributed by atoms with Crippen molar-refractivity contribution in [1.29, 1.82) is 5.41 Å². The summed E-state index contributed by atoms with van der Waals surface area (Å²) in [6, 6.07) is 17.3. The van der Waals surface area contributed by atoms with Crippen molar-refractivity contribution in [1.82, 2.24) is 9.88 Å². The molecule has 2 aromatic carbocycles. The van der Waals surface area contributed by atoms with Crippen LogP contribution in [0.25, 0.3) is 0 Å². The molecule has 1 aromatic heterocycles. The fourth-order valence-corrected chi connectivity index (χ4v) is 3.70. The number of carbonyl (C=O) groups is 2. The van der Waals surface area contributed by atoms with E-state index in [4.69, 9.17) is 21.7 Å². The number of amidine groups is 1. The zero-order valence-corrected chi connectivity index (χ0v) is 18.6. The third kappa shape index (κ3) is 5.63. The number of nitrogens with zero attached hydrogens (tertiary/aromatic N) is 2. The smallest absolute Gasteiger partial charge is 0.257 e. The number of rotatable bonds is 6. The maximum Gasteiger partial charge on any atom is 0.257 e. The first-order valence-electron chi connectivity index (χ1n) is 10.6. The Morgan fingerprint density at radius 1 is 1.00 bits per heavy atom. The van der Waals surface area contributed by atoms with Gasteiger partial charge in [0.15, 0.2) is 5.78 Å². The number of morpholine rings is 1. The van der Waals surface area contributed by atoms with Gasteiger partial charge in [-0.15, -0.1) is 0 Å². The average Bonchev–Trinajstić information content (AvgIpc) is 2.86. The normalized spacial score (nSPS) is 13.4. The number of carbonyl (C=O) groups excluding carboxylic acids is 2. The van der Waals surface area contributed by atoms with E-state index in [2.05, 4.69) is 10.3 Å². The number of Topliss-reactive ketones (excluding diaryl/α,β-unsaturated/α-hetero) is 1. The summed E-state index contributed by atoms with van der Waals surface area (Å²) in [5, 5.41) is 11.6. The molecule has 168 valence electrons. The molecule has 1 amide bonds. The lowest BCUT2D eigenvalue weighted by atomic mass is 9.97. The van der Waals surface area contributed by atoms with Gasteiger partial charge in [0, 0.05) is 42.4 Å². The number of benzene rings is 2. The van der Waals surface area contributed by atoms with Gasteiger partial charge in [0.2, 0.25) is 0 Å². The van der Waals surface area contributed by atoms with Gasteiger partial charge in [0.05, 0.1) is 18.2 Å². The van der Waals surface area contributed by atoms with Crippen LogP contribution in [-0.4, -0.2) is 53.7 Å². The highest BCUT2D eigenvalue weighted by Crippen LogP contribution is 2.17. The number of pyridine rings is 1. The maximum absolute atomic E-state index is 12.9. The van der Waals surface area contributed by atoms with Crippen LogP contribution in [0.2, 0.25) is 5.02 Å². The lowest BCUT2D eigenvalue weighted by molar-refractivity contribution is 0.0680. The molecule has 1 aliphatic heterocycles. The van der Waals surface area contributed by atoms with Crippen molar-refractivity contribution in [2.75, 3.05) is 31.6 Å². The highest BCUT2D eigenvalue weighted by Gasteiger charge is 2.18. The van der Waals surface area contributed by atoms with Crippen LogP contribution in [0.3, 0.4) is 0 Å². The first kappa shape index (κ1) is 22.6. The first-order valence-corrected chi connectivity index (χ1v) is 10.9. The zero-order chi connectivity index (χ0) is 23.2. The minimum absolute atomic E-state index is 0.0812. The van der Waals surface area contributed by atoms with Crippen molar-refractivity contribution in [2.45, 2.75) is 6.42 Å². The summed E-state index contributed by atoms with van der Waals surface area (Å²) in [5.74, 6) is 0.353. The minimum atomic E-state index is -0.345. The molecular formula is C25H23ClN4O3. The molecule has 2 heterocycles. The second-order valence-corrected chi connectivity index (χ2v) is 8.03. The second-order valence-electron chi connectivity index (χ2n) is 7.60. The monoisotopic (exact) mass is 462 g/mol. The van der Waals surface area contributed by atoms with E-state index in [1.807, 2.05) is 4.90 Å². The van der Waals surface area contributed by atoms with E-state index >= 15 is 0 Å². The van der Waals surface area contributed by atoms with Crippen LogP contribution >= 0.6 is 11.6 Å². The largest absolute Gasteiger partial charge is 0.378 e. The van der Waals surface area contributed by atoms with Gasteiger partial charge in [0.25, 0.3) is 5.91 Å². The lowest BCUT2D eigenvalue weighted by Crippen LogP contribution is -2.40. The third-order valence-corrected chi connectivity index (χ3v) is 5.61. The van der Waals surface area contributed by atoms with E-state index in [1.54, 1.807) is 60.7 Å². The molecule has 8 heteroatoms. The molecule has 1 fully saturated rings. The molecule has 33 heavy (non-hydrogen) atoms. The summed E-state index contributed by atoms with van der Waals surface area (Å²) in [4.78, 5) is 31.7. The van der Waals surface area contributed by atoms with Crippen molar-refractivity contribution < 1.29 is 14.3 Å². The first-order chi connectivity index (χ1) is 16.0. The molecule has 2 N–H and O–H groups in total. The van der Waals surface area contributed by atoms with Crippen LogP contribution in [0.15, 0.2) is 66.9 Å². The summed E-state index contributed by atoms with van der Waals surface area (Å²) >= 11 is 5.84. The van der Waals surface area contributed by atoms with E-state index in [0.717, 1.165) is 5.56 Å². The highest BCUT2D eigenvalue weighted by atomic mass is 35.5. The number of nitrogens with one attached hydrogen (secondary N) is 2. The Kier molecular flexibility index (Phi) is 7.12. The summed E-state index contributed by atoms with van der Waals surface area (Å²) in [5.41, 5.74) is 2.32. The van der Waals surface area contributed by atoms with Gasteiger partial charge in [-0.1, -0.05) is 54.1 Å². The number of amides is 1. The number of aromatic nitrogens is 1. The topological polar surface area (TPSA) is 95.4 Å². The zero-order valence-electron chi connectivity index (χ0n) is 17.9. The van der Waals surface area contributed by atoms with E-state index in [9.17, 15) is 9.59 Å². The van der Waals surface area contributed by atoms with Crippen molar-refractivity contribution in [3.63, 3.8) is 0 Å². The van der Waals surface area contributed by atoms with E-state index in [0.29, 0.717) is 59.7 Å². The second kappa shape index (κ2) is 10.4. The van der Waals surface area contributed by atoms with Crippen LogP contribution in [0, 0.1) is 5.41 Å². The maximum atomic E-state index is 12.9. The van der Waals surface area contributed by atoms with Gasteiger partial charge in [0.1, 0.15) is 11.7 Å². The quantitative estimate of drug-likeness (QED) is 0.327. The standard InChI is InChI=1S/C25H23ClN4O3/c26-20-9-10-23(28-16-20)29-25(32)21-4-2-1-3-19(21)15-22(31)17-5-7-18(8-6-17)24(27)30-11-13-33-14-12-30/h1-10,16,27H,11-15H2,(H,28,29,32). The molecule has 4 rings (SSSR count). The Hall–Kier alpha value is -3.55. The Bertz CT molecular complexity index is 1160. The summed E-state index contributed by atoms with van der Waals surface area (Å²) in [7, 11) is 0. The molecular weight excluding hydrogens is 440 g/mol. The van der Waals surface area contributed by atoms with Gasteiger partial charge in [-0.25, -0.2) is 4.98 Å². The number of hydrogen-bond donors (Lipinski definition) is 2. The Labute approximate surface area is 196 Å². The summed E-state index contributed by atoms with van der Waals surface area (Å²) in [6.45, 7) is 2.59. The van der Waals surface area contributed by atoms with E-state index < -0.39 is 0 Å². The van der Waals surface area contributed by atoms with Crippen molar-refractivity contribution in [3.8, 4) is 0 Å². The SMILES string of the molecule is N=C(c1ccc(C(=O)Cc2ccccc2C(=O)Nc2ccc(Cl)cn2)cc1)N1CCOCC1. The fourth-order valence-electron chi connectivity index (χ4n) is 3.59. The number of anilines is 1. The summed E-state index contributed by atoms with van der Waals surface area (Å²) in [6.07, 6.45) is 1.53. The molecule has 3 aromatic rings. The fraction of sp³-hybridized carbons (Fsp3) is 0.200. The predicted octanol–water partition coefficient (Wildman–Crippen LogP) is 4.07. The van der Waals surface area contributed by atoms with Gasteiger partial charge < -0.3 is 15.0 Å². The van der Waals surface area contributed by atoms with Crippen LogP contribution in [0.4, 0.5) is 5.82 Å². The number of ketones is 1. The molecule has 0 unspecified atom stereocenters. The highest BCUT2D eigenvalue weighted by molar-refractivity contribution is 6.30. The van der Waals surface area contributed by atoms with Crippen LogP contribution in [0.5, 0.6) is 0 Å². The minimum Gasteiger partial charge on any atom is -0.378 e. The summed E-state index contributed by atoms with van der Waals surface area (Å²) < 4.78 is 5.34. The van der Waals surface area contributed by atoms with Crippen LogP contribution in [-0.2, 0) is 11.2 Å². The molecule has 0 radical (unpaired) electrons. The van der Waals surface area contributed by atoms with Crippen LogP contribution in [0.1, 0.15) is 31.8 Å². The lowest BCUT2D eigenvalue weighted by Gasteiger charge is -2.29. The van der Waals surface area contributed by atoms with Crippen molar-refractivity contribution in [2.24, 2.45) is 0 Å². The number of ether oxygens (including phenoxy) is 1. The number of halogens is 1. The molecule has 0 bridgehead atoms. The molecule has 7 nitrogen and oxygen atoms in total. The van der Waals surface area contributed by atoms with Crippen molar-refractivity contribution >= 4 is 34.9 Å². The van der Waals surface area contributed by atoms with E-state index in [1.165, 1.54) is 6.20 Å².